The van der Waals surface area contributed by atoms with Crippen LogP contribution in [-0.4, -0.2) is 49.8 Å². The van der Waals surface area contributed by atoms with Crippen LogP contribution >= 0.6 is 0 Å². The molecule has 0 saturated carbocycles. The van der Waals surface area contributed by atoms with E-state index < -0.39 is 0 Å². The van der Waals surface area contributed by atoms with Gasteiger partial charge in [-0.1, -0.05) is 20.8 Å². The molecule has 1 rings (SSSR count). The van der Waals surface area contributed by atoms with E-state index in [1.807, 2.05) is 0 Å². The lowest BCUT2D eigenvalue weighted by Crippen LogP contribution is -2.41. The van der Waals surface area contributed by atoms with Gasteiger partial charge in [0.15, 0.2) is 0 Å². The molecule has 0 amide bonds. The highest BCUT2D eigenvalue weighted by Crippen LogP contribution is 2.13. The first kappa shape index (κ1) is 14.9. The summed E-state index contributed by atoms with van der Waals surface area (Å²) in [7, 11) is 0. The fourth-order valence-electron chi connectivity index (χ4n) is 2.33. The molecule has 1 fully saturated rings. The monoisotopic (exact) mass is 242 g/mol. The molecule has 0 radical (unpaired) electrons. The second-order valence-corrected chi connectivity index (χ2v) is 5.40. The van der Waals surface area contributed by atoms with E-state index in [0.29, 0.717) is 12.1 Å². The van der Waals surface area contributed by atoms with Crippen LogP contribution in [0.3, 0.4) is 0 Å². The number of likely N-dealkylation sites (tertiary alicyclic amines) is 1. The van der Waals surface area contributed by atoms with Gasteiger partial charge in [-0.3, -0.25) is 0 Å². The maximum atomic E-state index is 5.85. The molecule has 3 heteroatoms. The van der Waals surface area contributed by atoms with Crippen molar-refractivity contribution >= 4 is 0 Å². The van der Waals surface area contributed by atoms with Gasteiger partial charge in [0.1, 0.15) is 0 Å². The summed E-state index contributed by atoms with van der Waals surface area (Å²) in [5.41, 5.74) is 0. The molecule has 1 unspecified atom stereocenters. The van der Waals surface area contributed by atoms with Gasteiger partial charge in [-0.05, 0) is 45.3 Å². The fourth-order valence-corrected chi connectivity index (χ4v) is 2.33. The second-order valence-electron chi connectivity index (χ2n) is 5.40. The van der Waals surface area contributed by atoms with E-state index in [1.165, 1.54) is 32.4 Å². The third kappa shape index (κ3) is 7.02. The molecule has 1 atom stereocenters. The molecule has 0 aromatic carbocycles. The molecule has 102 valence electrons. The van der Waals surface area contributed by atoms with Crippen molar-refractivity contribution in [2.45, 2.75) is 58.6 Å². The largest absolute Gasteiger partial charge is 0.377 e. The number of nitrogens with one attached hydrogen (secondary N) is 1. The fraction of sp³-hybridized carbons (Fsp3) is 1.00. The van der Waals surface area contributed by atoms with Gasteiger partial charge in [0.2, 0.25) is 0 Å². The lowest BCUT2D eigenvalue weighted by atomic mass is 10.1. The first-order chi connectivity index (χ1) is 8.22. The van der Waals surface area contributed by atoms with Crippen LogP contribution in [0.1, 0.15) is 46.5 Å². The van der Waals surface area contributed by atoms with Crippen LogP contribution < -0.4 is 5.32 Å². The quantitative estimate of drug-likeness (QED) is 0.661. The molecule has 0 aromatic rings. The van der Waals surface area contributed by atoms with Crippen molar-refractivity contribution in [2.24, 2.45) is 0 Å². The van der Waals surface area contributed by atoms with Crippen molar-refractivity contribution in [3.63, 3.8) is 0 Å². The van der Waals surface area contributed by atoms with Gasteiger partial charge >= 0.3 is 0 Å². The van der Waals surface area contributed by atoms with Crippen LogP contribution in [0.5, 0.6) is 0 Å². The van der Waals surface area contributed by atoms with Crippen LogP contribution in [0.15, 0.2) is 0 Å². The Kier molecular flexibility index (Phi) is 7.82. The minimum atomic E-state index is 0.488. The summed E-state index contributed by atoms with van der Waals surface area (Å²) in [6.45, 7) is 12.3. The highest BCUT2D eigenvalue weighted by Gasteiger charge is 2.19. The molecule has 17 heavy (non-hydrogen) atoms. The van der Waals surface area contributed by atoms with Gasteiger partial charge in [0.25, 0.3) is 0 Å². The smallest absolute Gasteiger partial charge is 0.0702 e. The van der Waals surface area contributed by atoms with Crippen molar-refractivity contribution in [2.75, 3.05) is 32.8 Å². The van der Waals surface area contributed by atoms with E-state index in [0.717, 1.165) is 26.1 Å². The maximum absolute atomic E-state index is 5.85. The minimum absolute atomic E-state index is 0.488. The molecule has 1 saturated heterocycles. The Morgan fingerprint density at radius 2 is 2.24 bits per heavy atom. The third-order valence-electron chi connectivity index (χ3n) is 3.22. The molecular weight excluding hydrogens is 212 g/mol. The predicted octanol–water partition coefficient (Wildman–Crippen LogP) is 2.27. The van der Waals surface area contributed by atoms with Gasteiger partial charge < -0.3 is 15.0 Å². The predicted molar refractivity (Wildman–Crippen MR) is 73.5 cm³/mol. The maximum Gasteiger partial charge on any atom is 0.0702 e. The summed E-state index contributed by atoms with van der Waals surface area (Å²) in [5.74, 6) is 0. The van der Waals surface area contributed by atoms with Crippen molar-refractivity contribution in [3.05, 3.63) is 0 Å². The molecular formula is C14H30N2O. The molecule has 3 nitrogen and oxygen atoms in total. The minimum Gasteiger partial charge on any atom is -0.377 e. The molecule has 0 bridgehead atoms. The van der Waals surface area contributed by atoms with E-state index in [9.17, 15) is 0 Å². The topological polar surface area (TPSA) is 24.5 Å². The molecule has 1 aliphatic rings. The first-order valence-corrected chi connectivity index (χ1v) is 7.29. The Morgan fingerprint density at radius 1 is 1.41 bits per heavy atom. The lowest BCUT2D eigenvalue weighted by Gasteiger charge is -2.32. The van der Waals surface area contributed by atoms with E-state index in [4.69, 9.17) is 4.74 Å². The van der Waals surface area contributed by atoms with Gasteiger partial charge in [-0.2, -0.15) is 0 Å². The number of rotatable bonds is 8. The van der Waals surface area contributed by atoms with Gasteiger partial charge in [0.05, 0.1) is 6.10 Å². The van der Waals surface area contributed by atoms with Crippen LogP contribution in [0, 0.1) is 0 Å². The van der Waals surface area contributed by atoms with E-state index >= 15 is 0 Å². The number of ether oxygens (including phenoxy) is 1. The summed E-state index contributed by atoms with van der Waals surface area (Å²) in [5, 5.41) is 3.47. The van der Waals surface area contributed by atoms with E-state index in [2.05, 4.69) is 31.0 Å². The van der Waals surface area contributed by atoms with E-state index in [-0.39, 0.29) is 0 Å². The summed E-state index contributed by atoms with van der Waals surface area (Å²) in [4.78, 5) is 2.56. The SMILES string of the molecule is CCCOC1CCCN(CCCNC(C)C)C1. The Labute approximate surface area is 107 Å². The average Bonchev–Trinajstić information content (AvgIpc) is 2.32. The average molecular weight is 242 g/mol. The zero-order chi connectivity index (χ0) is 12.5. The highest BCUT2D eigenvalue weighted by atomic mass is 16.5. The summed E-state index contributed by atoms with van der Waals surface area (Å²) < 4.78 is 5.85. The number of piperidine rings is 1. The molecule has 0 spiro atoms. The Bertz CT molecular complexity index is 185. The standard InChI is InChI=1S/C14H30N2O/c1-4-11-17-14-7-5-9-16(12-14)10-6-8-15-13(2)3/h13-15H,4-12H2,1-3H3. The first-order valence-electron chi connectivity index (χ1n) is 7.29. The molecule has 1 N–H and O–H groups in total. The summed E-state index contributed by atoms with van der Waals surface area (Å²) in [6.07, 6.45) is 5.42. The number of hydrogen-bond donors (Lipinski definition) is 1. The Morgan fingerprint density at radius 3 is 2.94 bits per heavy atom. The normalized spacial score (nSPS) is 22.2. The molecule has 0 aliphatic carbocycles. The highest BCUT2D eigenvalue weighted by molar-refractivity contribution is 4.73. The van der Waals surface area contributed by atoms with Gasteiger partial charge in [-0.15, -0.1) is 0 Å². The van der Waals surface area contributed by atoms with Crippen molar-refractivity contribution in [1.29, 1.82) is 0 Å². The van der Waals surface area contributed by atoms with Crippen LogP contribution in [0.25, 0.3) is 0 Å². The Hall–Kier alpha value is -0.120. The molecule has 1 heterocycles. The zero-order valence-corrected chi connectivity index (χ0v) is 11.9. The Balaban J connectivity index is 2.07. The second kappa shape index (κ2) is 8.90. The lowest BCUT2D eigenvalue weighted by molar-refractivity contribution is -0.000210. The van der Waals surface area contributed by atoms with Gasteiger partial charge in [0, 0.05) is 19.2 Å². The van der Waals surface area contributed by atoms with Crippen LogP contribution in [-0.2, 0) is 4.74 Å². The van der Waals surface area contributed by atoms with E-state index in [1.54, 1.807) is 0 Å². The third-order valence-corrected chi connectivity index (χ3v) is 3.22. The summed E-state index contributed by atoms with van der Waals surface area (Å²) >= 11 is 0. The van der Waals surface area contributed by atoms with Gasteiger partial charge in [-0.25, -0.2) is 0 Å². The number of nitrogens with zero attached hydrogens (tertiary/aromatic N) is 1. The number of hydrogen-bond acceptors (Lipinski definition) is 3. The van der Waals surface area contributed by atoms with Crippen LogP contribution in [0.4, 0.5) is 0 Å². The zero-order valence-electron chi connectivity index (χ0n) is 11.9. The van der Waals surface area contributed by atoms with Crippen molar-refractivity contribution < 1.29 is 4.74 Å². The van der Waals surface area contributed by atoms with Crippen molar-refractivity contribution in [1.82, 2.24) is 10.2 Å². The van der Waals surface area contributed by atoms with Crippen molar-refractivity contribution in [3.8, 4) is 0 Å². The van der Waals surface area contributed by atoms with Crippen LogP contribution in [0.2, 0.25) is 0 Å². The molecule has 0 aromatic heterocycles. The summed E-state index contributed by atoms with van der Waals surface area (Å²) in [6, 6.07) is 0.608. The molecule has 1 aliphatic heterocycles.